The van der Waals surface area contributed by atoms with Crippen LogP contribution in [0.15, 0.2) is 48.5 Å². The number of ether oxygens (including phenoxy) is 1. The van der Waals surface area contributed by atoms with E-state index < -0.39 is 6.04 Å². The van der Waals surface area contributed by atoms with Gasteiger partial charge in [0, 0.05) is 18.1 Å². The molecule has 150 valence electrons. The molecule has 0 aromatic heterocycles. The van der Waals surface area contributed by atoms with Gasteiger partial charge in [0.1, 0.15) is 11.8 Å². The summed E-state index contributed by atoms with van der Waals surface area (Å²) >= 11 is 5.97. The smallest absolute Gasteiger partial charge is 0.261 e. The van der Waals surface area contributed by atoms with E-state index in [-0.39, 0.29) is 18.4 Å². The number of likely N-dealkylation sites (N-methyl/N-ethyl adjacent to an activating group) is 1. The van der Waals surface area contributed by atoms with Crippen LogP contribution in [-0.2, 0) is 16.1 Å². The number of amides is 2. The van der Waals surface area contributed by atoms with Crippen LogP contribution >= 0.6 is 11.6 Å². The maximum absolute atomic E-state index is 13.0. The molecule has 6 heteroatoms. The first-order valence-electron chi connectivity index (χ1n) is 9.46. The van der Waals surface area contributed by atoms with Crippen LogP contribution in [0, 0.1) is 6.92 Å². The highest BCUT2D eigenvalue weighted by molar-refractivity contribution is 6.30. The lowest BCUT2D eigenvalue weighted by Crippen LogP contribution is -2.50. The van der Waals surface area contributed by atoms with E-state index in [1.165, 1.54) is 0 Å². The molecule has 0 saturated carbocycles. The summed E-state index contributed by atoms with van der Waals surface area (Å²) in [6.45, 7) is 6.45. The van der Waals surface area contributed by atoms with Gasteiger partial charge in [0.15, 0.2) is 6.61 Å². The summed E-state index contributed by atoms with van der Waals surface area (Å²) in [6, 6.07) is 14.2. The van der Waals surface area contributed by atoms with Gasteiger partial charge >= 0.3 is 0 Å². The summed E-state index contributed by atoms with van der Waals surface area (Å²) in [7, 11) is 0. The van der Waals surface area contributed by atoms with Crippen molar-refractivity contribution in [3.8, 4) is 5.75 Å². The van der Waals surface area contributed by atoms with Crippen LogP contribution in [0.2, 0.25) is 5.02 Å². The quantitative estimate of drug-likeness (QED) is 0.690. The lowest BCUT2D eigenvalue weighted by molar-refractivity contribution is -0.142. The van der Waals surface area contributed by atoms with Crippen molar-refractivity contribution in [3.05, 3.63) is 64.7 Å². The van der Waals surface area contributed by atoms with E-state index in [1.807, 2.05) is 45.0 Å². The second-order valence-corrected chi connectivity index (χ2v) is 6.95. The zero-order chi connectivity index (χ0) is 20.5. The summed E-state index contributed by atoms with van der Waals surface area (Å²) < 4.78 is 5.62. The summed E-state index contributed by atoms with van der Waals surface area (Å²) in [5.74, 6) is 0.110. The van der Waals surface area contributed by atoms with Gasteiger partial charge in [-0.15, -0.1) is 0 Å². The Hall–Kier alpha value is -2.53. The number of nitrogens with one attached hydrogen (secondary N) is 1. The van der Waals surface area contributed by atoms with Gasteiger partial charge in [0.2, 0.25) is 5.91 Å². The van der Waals surface area contributed by atoms with Crippen molar-refractivity contribution in [1.29, 1.82) is 0 Å². The second-order valence-electron chi connectivity index (χ2n) is 6.51. The molecule has 0 unspecified atom stereocenters. The molecule has 5 nitrogen and oxygen atoms in total. The molecule has 0 radical (unpaired) electrons. The van der Waals surface area contributed by atoms with Gasteiger partial charge in [0.25, 0.3) is 5.91 Å². The van der Waals surface area contributed by atoms with E-state index in [0.29, 0.717) is 30.3 Å². The van der Waals surface area contributed by atoms with E-state index in [9.17, 15) is 9.59 Å². The van der Waals surface area contributed by atoms with Crippen molar-refractivity contribution < 1.29 is 14.3 Å². The standard InChI is InChI=1S/C22H27ClN2O3/c1-4-20(22(27)24-5-2)25(14-17-10-7-6-9-16(17)3)21(26)15-28-19-12-8-11-18(23)13-19/h6-13,20H,4-5,14-15H2,1-3H3,(H,24,27)/t20-/m1/s1. The van der Waals surface area contributed by atoms with Gasteiger partial charge in [-0.05, 0) is 49.6 Å². The minimum absolute atomic E-state index is 0.158. The topological polar surface area (TPSA) is 58.6 Å². The number of carbonyl (C=O) groups is 2. The normalized spacial score (nSPS) is 11.6. The summed E-state index contributed by atoms with van der Waals surface area (Å²) in [6.07, 6.45) is 0.515. The van der Waals surface area contributed by atoms with Crippen LogP contribution in [0.4, 0.5) is 0 Å². The van der Waals surface area contributed by atoms with Crippen molar-refractivity contribution in [2.24, 2.45) is 0 Å². The second kappa shape index (κ2) is 10.7. The number of aryl methyl sites for hydroxylation is 1. The summed E-state index contributed by atoms with van der Waals surface area (Å²) in [4.78, 5) is 27.2. The molecule has 28 heavy (non-hydrogen) atoms. The van der Waals surface area contributed by atoms with Crippen molar-refractivity contribution in [3.63, 3.8) is 0 Å². The van der Waals surface area contributed by atoms with Crippen molar-refractivity contribution in [2.45, 2.75) is 39.8 Å². The van der Waals surface area contributed by atoms with E-state index in [0.717, 1.165) is 11.1 Å². The van der Waals surface area contributed by atoms with Crippen molar-refractivity contribution in [2.75, 3.05) is 13.2 Å². The largest absolute Gasteiger partial charge is 0.484 e. The lowest BCUT2D eigenvalue weighted by atomic mass is 10.1. The van der Waals surface area contributed by atoms with Crippen molar-refractivity contribution >= 4 is 23.4 Å². The lowest BCUT2D eigenvalue weighted by Gasteiger charge is -2.31. The van der Waals surface area contributed by atoms with E-state index in [4.69, 9.17) is 16.3 Å². The SMILES string of the molecule is CCNC(=O)[C@@H](CC)N(Cc1ccccc1C)C(=O)COc1cccc(Cl)c1. The van der Waals surface area contributed by atoms with Crippen LogP contribution in [0.5, 0.6) is 5.75 Å². The molecule has 0 bridgehead atoms. The van der Waals surface area contributed by atoms with Crippen LogP contribution in [0.3, 0.4) is 0 Å². The molecule has 2 amide bonds. The van der Waals surface area contributed by atoms with Gasteiger partial charge in [-0.1, -0.05) is 48.9 Å². The predicted molar refractivity (Wildman–Crippen MR) is 111 cm³/mol. The monoisotopic (exact) mass is 402 g/mol. The molecule has 0 aliphatic carbocycles. The Kier molecular flexibility index (Phi) is 8.33. The third kappa shape index (κ3) is 5.99. The summed E-state index contributed by atoms with van der Waals surface area (Å²) in [5.41, 5.74) is 2.07. The molecule has 0 heterocycles. The molecule has 1 atom stereocenters. The molecule has 2 aromatic rings. The first-order valence-corrected chi connectivity index (χ1v) is 9.84. The highest BCUT2D eigenvalue weighted by Crippen LogP contribution is 2.19. The molecule has 0 fully saturated rings. The molecule has 1 N–H and O–H groups in total. The number of rotatable bonds is 9. The van der Waals surface area contributed by atoms with Crippen molar-refractivity contribution in [1.82, 2.24) is 10.2 Å². The fraction of sp³-hybridized carbons (Fsp3) is 0.364. The minimum Gasteiger partial charge on any atom is -0.484 e. The fourth-order valence-electron chi connectivity index (χ4n) is 2.97. The van der Waals surface area contributed by atoms with Crippen LogP contribution in [0.1, 0.15) is 31.4 Å². The van der Waals surface area contributed by atoms with E-state index >= 15 is 0 Å². The number of benzene rings is 2. The van der Waals surface area contributed by atoms with Gasteiger partial charge in [-0.3, -0.25) is 9.59 Å². The zero-order valence-electron chi connectivity index (χ0n) is 16.6. The molecule has 2 aromatic carbocycles. The van der Waals surface area contributed by atoms with E-state index in [2.05, 4.69) is 5.32 Å². The van der Waals surface area contributed by atoms with Gasteiger partial charge in [0.05, 0.1) is 0 Å². The Morgan fingerprint density at radius 2 is 1.89 bits per heavy atom. The Morgan fingerprint density at radius 3 is 2.54 bits per heavy atom. The molecular weight excluding hydrogens is 376 g/mol. The molecule has 0 aliphatic rings. The van der Waals surface area contributed by atoms with Crippen LogP contribution < -0.4 is 10.1 Å². The first kappa shape index (κ1) is 21.8. The maximum Gasteiger partial charge on any atom is 0.261 e. The molecule has 0 saturated heterocycles. The third-order valence-corrected chi connectivity index (χ3v) is 4.73. The van der Waals surface area contributed by atoms with Crippen LogP contribution in [0.25, 0.3) is 0 Å². The van der Waals surface area contributed by atoms with Gasteiger partial charge < -0.3 is 15.0 Å². The highest BCUT2D eigenvalue weighted by atomic mass is 35.5. The molecular formula is C22H27ClN2O3. The Balaban J connectivity index is 2.21. The molecule has 0 aliphatic heterocycles. The van der Waals surface area contributed by atoms with E-state index in [1.54, 1.807) is 29.2 Å². The average Bonchev–Trinajstić information content (AvgIpc) is 2.67. The number of nitrogens with zero attached hydrogens (tertiary/aromatic N) is 1. The zero-order valence-corrected chi connectivity index (χ0v) is 17.3. The number of hydrogen-bond acceptors (Lipinski definition) is 3. The molecule has 0 spiro atoms. The number of carbonyl (C=O) groups excluding carboxylic acids is 2. The van der Waals surface area contributed by atoms with Crippen LogP contribution in [-0.4, -0.2) is 35.9 Å². The Morgan fingerprint density at radius 1 is 1.14 bits per heavy atom. The van der Waals surface area contributed by atoms with Gasteiger partial charge in [-0.25, -0.2) is 0 Å². The fourth-order valence-corrected chi connectivity index (χ4v) is 3.15. The predicted octanol–water partition coefficient (Wildman–Crippen LogP) is 3.97. The Labute approximate surface area is 171 Å². The van der Waals surface area contributed by atoms with Gasteiger partial charge in [-0.2, -0.15) is 0 Å². The summed E-state index contributed by atoms with van der Waals surface area (Å²) in [5, 5.41) is 3.36. The third-order valence-electron chi connectivity index (χ3n) is 4.50. The highest BCUT2D eigenvalue weighted by Gasteiger charge is 2.28. The number of halogens is 1. The minimum atomic E-state index is -0.560. The first-order chi connectivity index (χ1) is 13.5. The maximum atomic E-state index is 13.0. The Bertz CT molecular complexity index is 810. The number of hydrogen-bond donors (Lipinski definition) is 1. The average molecular weight is 403 g/mol. The molecule has 2 rings (SSSR count).